The van der Waals surface area contributed by atoms with Crippen molar-refractivity contribution < 1.29 is 18.4 Å². The highest BCUT2D eigenvalue weighted by Gasteiger charge is 2.33. The average Bonchev–Trinajstić information content (AvgIpc) is 3.50. The monoisotopic (exact) mass is 449 g/mol. The Hall–Kier alpha value is -3.78. The molecule has 0 aliphatic rings. The lowest BCUT2D eigenvalue weighted by molar-refractivity contribution is -0.126. The number of hydrogen-bond donors (Lipinski definition) is 1. The maximum atomic E-state index is 14.1. The molecule has 0 aliphatic heterocycles. The van der Waals surface area contributed by atoms with Crippen LogP contribution in [0.2, 0.25) is 0 Å². The number of benzene rings is 1. The Morgan fingerprint density at radius 3 is 2.62 bits per heavy atom. The summed E-state index contributed by atoms with van der Waals surface area (Å²) in [6.07, 6.45) is 4.71. The van der Waals surface area contributed by atoms with E-state index in [1.807, 2.05) is 17.5 Å². The molecule has 3 aromatic heterocycles. The molecular formula is C24H20FN3O3S. The first-order valence-corrected chi connectivity index (χ1v) is 10.8. The van der Waals surface area contributed by atoms with E-state index in [0.29, 0.717) is 17.0 Å². The standard InChI is InChI=1S/C24H20FN3O3S/c25-18-4-1-5-19(14-18)28(22(29)15-21-7-3-13-32-21)23(17-8-10-26-11-9-17)24(30)27-16-20-6-2-12-31-20/h1-14,23H,15-16H2,(H,27,30)/t23-/m0/s1. The van der Waals surface area contributed by atoms with Crippen LogP contribution in [0.25, 0.3) is 0 Å². The SMILES string of the molecule is O=C(NCc1ccco1)[C@H](c1ccncc1)N(C(=O)Cc1cccs1)c1cccc(F)c1. The normalized spacial score (nSPS) is 11.7. The van der Waals surface area contributed by atoms with Gasteiger partial charge < -0.3 is 9.73 Å². The molecule has 1 atom stereocenters. The lowest BCUT2D eigenvalue weighted by atomic mass is 10.0. The number of anilines is 1. The molecule has 0 aliphatic carbocycles. The van der Waals surface area contributed by atoms with Gasteiger partial charge >= 0.3 is 0 Å². The number of pyridine rings is 1. The summed E-state index contributed by atoms with van der Waals surface area (Å²) in [4.78, 5) is 33.1. The third-order valence-corrected chi connectivity index (χ3v) is 5.68. The van der Waals surface area contributed by atoms with Crippen LogP contribution in [0.15, 0.2) is 89.1 Å². The summed E-state index contributed by atoms with van der Waals surface area (Å²) in [5.41, 5.74) is 0.849. The molecule has 8 heteroatoms. The number of furan rings is 1. The second kappa shape index (κ2) is 10.0. The third-order valence-electron chi connectivity index (χ3n) is 4.81. The van der Waals surface area contributed by atoms with Gasteiger partial charge in [0.1, 0.15) is 17.6 Å². The minimum absolute atomic E-state index is 0.0846. The van der Waals surface area contributed by atoms with Gasteiger partial charge in [-0.15, -0.1) is 11.3 Å². The van der Waals surface area contributed by atoms with Gasteiger partial charge in [-0.25, -0.2) is 4.39 Å². The number of aromatic nitrogens is 1. The van der Waals surface area contributed by atoms with Crippen LogP contribution in [0.1, 0.15) is 22.2 Å². The highest BCUT2D eigenvalue weighted by Crippen LogP contribution is 2.29. The van der Waals surface area contributed by atoms with Gasteiger partial charge in [0, 0.05) is 23.0 Å². The molecule has 32 heavy (non-hydrogen) atoms. The van der Waals surface area contributed by atoms with E-state index in [-0.39, 0.29) is 18.9 Å². The number of halogens is 1. The molecule has 0 saturated heterocycles. The highest BCUT2D eigenvalue weighted by atomic mass is 32.1. The first kappa shape index (κ1) is 21.5. The fourth-order valence-corrected chi connectivity index (χ4v) is 4.05. The van der Waals surface area contributed by atoms with Crippen LogP contribution >= 0.6 is 11.3 Å². The number of amides is 2. The van der Waals surface area contributed by atoms with Gasteiger partial charge in [0.15, 0.2) is 0 Å². The van der Waals surface area contributed by atoms with Crippen molar-refractivity contribution in [3.8, 4) is 0 Å². The molecule has 4 aromatic rings. The van der Waals surface area contributed by atoms with Crippen molar-refractivity contribution in [1.29, 1.82) is 0 Å². The van der Waals surface area contributed by atoms with Crippen molar-refractivity contribution in [3.63, 3.8) is 0 Å². The van der Waals surface area contributed by atoms with Crippen LogP contribution in [-0.2, 0) is 22.6 Å². The van der Waals surface area contributed by atoms with Crippen LogP contribution in [0.4, 0.5) is 10.1 Å². The lowest BCUT2D eigenvalue weighted by Gasteiger charge is -2.31. The van der Waals surface area contributed by atoms with Crippen LogP contribution in [0.5, 0.6) is 0 Å². The first-order chi connectivity index (χ1) is 15.6. The van der Waals surface area contributed by atoms with Crippen LogP contribution in [0.3, 0.4) is 0 Å². The van der Waals surface area contributed by atoms with E-state index >= 15 is 0 Å². The number of carbonyl (C=O) groups excluding carboxylic acids is 2. The second-order valence-corrected chi connectivity index (χ2v) is 8.01. The summed E-state index contributed by atoms with van der Waals surface area (Å²) in [7, 11) is 0. The van der Waals surface area contributed by atoms with E-state index in [2.05, 4.69) is 10.3 Å². The Labute approximate surface area is 188 Å². The van der Waals surface area contributed by atoms with E-state index in [1.54, 1.807) is 42.7 Å². The Kier molecular flexibility index (Phi) is 6.72. The van der Waals surface area contributed by atoms with Crippen LogP contribution in [0, 0.1) is 5.82 Å². The molecule has 0 saturated carbocycles. The molecule has 4 rings (SSSR count). The quantitative estimate of drug-likeness (QED) is 0.430. The van der Waals surface area contributed by atoms with E-state index in [9.17, 15) is 14.0 Å². The minimum Gasteiger partial charge on any atom is -0.467 e. The second-order valence-electron chi connectivity index (χ2n) is 6.98. The van der Waals surface area contributed by atoms with E-state index in [1.165, 1.54) is 40.7 Å². The van der Waals surface area contributed by atoms with Gasteiger partial charge in [-0.05, 0) is 59.5 Å². The molecule has 0 spiro atoms. The summed E-state index contributed by atoms with van der Waals surface area (Å²) < 4.78 is 19.4. The maximum absolute atomic E-state index is 14.1. The van der Waals surface area contributed by atoms with Crippen molar-refractivity contribution in [2.45, 2.75) is 19.0 Å². The Balaban J connectivity index is 1.72. The zero-order valence-electron chi connectivity index (χ0n) is 17.0. The molecule has 3 heterocycles. The molecule has 2 amide bonds. The zero-order valence-corrected chi connectivity index (χ0v) is 17.8. The summed E-state index contributed by atoms with van der Waals surface area (Å²) in [5.74, 6) is -0.667. The van der Waals surface area contributed by atoms with Gasteiger partial charge in [-0.2, -0.15) is 0 Å². The molecule has 6 nitrogen and oxygen atoms in total. The van der Waals surface area contributed by atoms with Crippen molar-refractivity contribution in [1.82, 2.24) is 10.3 Å². The van der Waals surface area contributed by atoms with Gasteiger partial charge in [-0.3, -0.25) is 19.5 Å². The minimum atomic E-state index is -1.03. The van der Waals surface area contributed by atoms with E-state index in [0.717, 1.165) is 4.88 Å². The smallest absolute Gasteiger partial charge is 0.248 e. The lowest BCUT2D eigenvalue weighted by Crippen LogP contribution is -2.44. The predicted molar refractivity (Wildman–Crippen MR) is 119 cm³/mol. The van der Waals surface area contributed by atoms with E-state index < -0.39 is 17.8 Å². The summed E-state index contributed by atoms with van der Waals surface area (Å²) in [6, 6.07) is 15.2. The number of nitrogens with one attached hydrogen (secondary N) is 1. The molecule has 0 radical (unpaired) electrons. The largest absolute Gasteiger partial charge is 0.467 e. The Morgan fingerprint density at radius 1 is 1.09 bits per heavy atom. The summed E-state index contributed by atoms with van der Waals surface area (Å²) in [5, 5.41) is 4.70. The molecule has 162 valence electrons. The zero-order chi connectivity index (χ0) is 22.3. The van der Waals surface area contributed by atoms with Crippen molar-refractivity contribution >= 4 is 28.8 Å². The van der Waals surface area contributed by atoms with Crippen LogP contribution in [-0.4, -0.2) is 16.8 Å². The predicted octanol–water partition coefficient (Wildman–Crippen LogP) is 4.51. The van der Waals surface area contributed by atoms with Gasteiger partial charge in [0.2, 0.25) is 11.8 Å². The first-order valence-electron chi connectivity index (χ1n) is 9.92. The molecule has 0 unspecified atom stereocenters. The summed E-state index contributed by atoms with van der Waals surface area (Å²) >= 11 is 1.45. The number of thiophene rings is 1. The van der Waals surface area contributed by atoms with Gasteiger partial charge in [0.25, 0.3) is 0 Å². The Bertz CT molecular complexity index is 1160. The Morgan fingerprint density at radius 2 is 1.94 bits per heavy atom. The van der Waals surface area contributed by atoms with E-state index in [4.69, 9.17) is 4.42 Å². The highest BCUT2D eigenvalue weighted by molar-refractivity contribution is 7.10. The summed E-state index contributed by atoms with van der Waals surface area (Å²) in [6.45, 7) is 0.156. The van der Waals surface area contributed by atoms with Gasteiger partial charge in [-0.1, -0.05) is 12.1 Å². The molecule has 0 bridgehead atoms. The molecule has 0 fully saturated rings. The molecule has 1 N–H and O–H groups in total. The van der Waals surface area contributed by atoms with Crippen molar-refractivity contribution in [3.05, 3.63) is 107 Å². The fourth-order valence-electron chi connectivity index (χ4n) is 3.36. The average molecular weight is 450 g/mol. The number of carbonyl (C=O) groups is 2. The number of nitrogens with zero attached hydrogens (tertiary/aromatic N) is 2. The number of rotatable bonds is 8. The molecule has 1 aromatic carbocycles. The van der Waals surface area contributed by atoms with Crippen molar-refractivity contribution in [2.24, 2.45) is 0 Å². The molecular weight excluding hydrogens is 429 g/mol. The third kappa shape index (κ3) is 5.09. The number of hydrogen-bond acceptors (Lipinski definition) is 5. The maximum Gasteiger partial charge on any atom is 0.248 e. The van der Waals surface area contributed by atoms with Crippen molar-refractivity contribution in [2.75, 3.05) is 4.90 Å². The van der Waals surface area contributed by atoms with Gasteiger partial charge in [0.05, 0.1) is 19.2 Å². The fraction of sp³-hybridized carbons (Fsp3) is 0.125. The topological polar surface area (TPSA) is 75.4 Å². The van der Waals surface area contributed by atoms with Crippen LogP contribution < -0.4 is 10.2 Å².